The lowest BCUT2D eigenvalue weighted by atomic mass is 9.82. The molecule has 0 radical (unpaired) electrons. The Labute approximate surface area is 372 Å². The standard InChI is InChI=1S/C60H42N4/c1-60(2)50-29-17-15-27-45(50)47-37-58-48(36-51(47)60)46-28-16-18-30-56(46)64(58)57-32-31-43(44-34-52(39-19-7-3-8-20-39)61-53(35-44)40-21-9-4-10-22-40)33-49(57)55-38-54(41-23-11-5-12-24-41)62-59(63-55)42-25-13-6-14-26-42/h3-38H,1-2H3. The zero-order valence-corrected chi connectivity index (χ0v) is 35.6. The first-order valence-corrected chi connectivity index (χ1v) is 21.9. The van der Waals surface area contributed by atoms with E-state index in [9.17, 15) is 0 Å². The maximum Gasteiger partial charge on any atom is 0.160 e. The van der Waals surface area contributed by atoms with Crippen LogP contribution in [0.5, 0.6) is 0 Å². The van der Waals surface area contributed by atoms with Gasteiger partial charge in [0, 0.05) is 44.0 Å². The predicted molar refractivity (Wildman–Crippen MR) is 264 cm³/mol. The number of aromatic nitrogens is 4. The zero-order valence-electron chi connectivity index (χ0n) is 35.6. The Morgan fingerprint density at radius 1 is 0.328 bits per heavy atom. The van der Waals surface area contributed by atoms with Gasteiger partial charge in [-0.2, -0.15) is 0 Å². The minimum Gasteiger partial charge on any atom is -0.309 e. The number of nitrogens with zero attached hydrogens (tertiary/aromatic N) is 4. The van der Waals surface area contributed by atoms with Crippen molar-refractivity contribution in [3.05, 3.63) is 230 Å². The van der Waals surface area contributed by atoms with E-state index in [-0.39, 0.29) is 5.41 Å². The van der Waals surface area contributed by atoms with Crippen LogP contribution in [0.1, 0.15) is 25.0 Å². The first-order chi connectivity index (χ1) is 31.5. The number of fused-ring (bicyclic) bond motifs is 6. The Bertz CT molecular complexity index is 3440. The van der Waals surface area contributed by atoms with E-state index in [0.29, 0.717) is 5.82 Å². The van der Waals surface area contributed by atoms with Crippen LogP contribution in [-0.2, 0) is 5.41 Å². The first kappa shape index (κ1) is 37.5. The van der Waals surface area contributed by atoms with Crippen LogP contribution in [0, 0.1) is 0 Å². The van der Waals surface area contributed by atoms with Gasteiger partial charge >= 0.3 is 0 Å². The van der Waals surface area contributed by atoms with Crippen molar-refractivity contribution < 1.29 is 0 Å². The van der Waals surface area contributed by atoms with Gasteiger partial charge in [-0.15, -0.1) is 0 Å². The van der Waals surface area contributed by atoms with Crippen molar-refractivity contribution in [1.82, 2.24) is 19.5 Å². The summed E-state index contributed by atoms with van der Waals surface area (Å²) in [6.45, 7) is 4.71. The van der Waals surface area contributed by atoms with Crippen LogP contribution in [0.25, 0.3) is 106 Å². The maximum atomic E-state index is 5.46. The van der Waals surface area contributed by atoms with Crippen LogP contribution in [0.4, 0.5) is 0 Å². The molecule has 12 rings (SSSR count). The van der Waals surface area contributed by atoms with E-state index in [1.807, 2.05) is 36.4 Å². The largest absolute Gasteiger partial charge is 0.309 e. The molecule has 302 valence electrons. The number of rotatable bonds is 7. The molecule has 3 aromatic heterocycles. The van der Waals surface area contributed by atoms with Crippen LogP contribution in [0.15, 0.2) is 218 Å². The molecule has 3 heterocycles. The highest BCUT2D eigenvalue weighted by Gasteiger charge is 2.36. The number of para-hydroxylation sites is 1. The summed E-state index contributed by atoms with van der Waals surface area (Å²) in [6.07, 6.45) is 0. The Balaban J connectivity index is 1.16. The summed E-state index contributed by atoms with van der Waals surface area (Å²) >= 11 is 0. The number of benzene rings is 8. The molecule has 0 aliphatic heterocycles. The second-order valence-electron chi connectivity index (χ2n) is 17.2. The third kappa shape index (κ3) is 6.26. The molecule has 0 bridgehead atoms. The maximum absolute atomic E-state index is 5.46. The molecule has 0 saturated heterocycles. The third-order valence-corrected chi connectivity index (χ3v) is 13.0. The molecule has 0 spiro atoms. The highest BCUT2D eigenvalue weighted by Crippen LogP contribution is 2.51. The van der Waals surface area contributed by atoms with E-state index in [4.69, 9.17) is 15.0 Å². The molecule has 4 nitrogen and oxygen atoms in total. The molecule has 0 atom stereocenters. The van der Waals surface area contributed by atoms with E-state index in [0.717, 1.165) is 78.4 Å². The SMILES string of the molecule is CC1(C)c2ccccc2-c2cc3c(cc21)c1ccccc1n3-c1ccc(-c2cc(-c3ccccc3)nc(-c3ccccc3)c2)cc1-c1cc(-c2ccccc2)nc(-c2ccccc2)n1. The second-order valence-corrected chi connectivity index (χ2v) is 17.2. The van der Waals surface area contributed by atoms with Gasteiger partial charge in [-0.05, 0) is 81.9 Å². The lowest BCUT2D eigenvalue weighted by molar-refractivity contribution is 0.661. The minimum atomic E-state index is -0.124. The minimum absolute atomic E-state index is 0.124. The van der Waals surface area contributed by atoms with Gasteiger partial charge in [0.2, 0.25) is 0 Å². The lowest BCUT2D eigenvalue weighted by Crippen LogP contribution is -2.14. The lowest BCUT2D eigenvalue weighted by Gasteiger charge is -2.21. The molecule has 0 unspecified atom stereocenters. The fourth-order valence-corrected chi connectivity index (χ4v) is 9.81. The fraction of sp³-hybridized carbons (Fsp3) is 0.0500. The molecule has 0 saturated carbocycles. The normalized spacial score (nSPS) is 12.7. The van der Waals surface area contributed by atoms with Gasteiger partial charge in [-0.3, -0.25) is 0 Å². The fourth-order valence-electron chi connectivity index (χ4n) is 9.81. The summed E-state index contributed by atoms with van der Waals surface area (Å²) in [5.41, 5.74) is 19.3. The van der Waals surface area contributed by atoms with Crippen molar-refractivity contribution in [2.75, 3.05) is 0 Å². The summed E-state index contributed by atoms with van der Waals surface area (Å²) in [7, 11) is 0. The molecular formula is C60H42N4. The Hall–Kier alpha value is -8.21. The van der Waals surface area contributed by atoms with E-state index in [1.54, 1.807) is 0 Å². The summed E-state index contributed by atoms with van der Waals surface area (Å²) in [5, 5.41) is 2.45. The molecule has 1 aliphatic rings. The monoisotopic (exact) mass is 818 g/mol. The molecule has 0 amide bonds. The van der Waals surface area contributed by atoms with Gasteiger partial charge in [0.1, 0.15) is 0 Å². The van der Waals surface area contributed by atoms with Crippen LogP contribution >= 0.6 is 0 Å². The number of pyridine rings is 1. The highest BCUT2D eigenvalue weighted by molar-refractivity contribution is 6.12. The molecule has 0 fully saturated rings. The third-order valence-electron chi connectivity index (χ3n) is 13.0. The van der Waals surface area contributed by atoms with Crippen molar-refractivity contribution in [1.29, 1.82) is 0 Å². The summed E-state index contributed by atoms with van der Waals surface area (Å²) in [4.78, 5) is 15.9. The molecule has 4 heteroatoms. The van der Waals surface area contributed by atoms with E-state index >= 15 is 0 Å². The molecule has 11 aromatic rings. The summed E-state index contributed by atoms with van der Waals surface area (Å²) < 4.78 is 2.46. The number of hydrogen-bond donors (Lipinski definition) is 0. The summed E-state index contributed by atoms with van der Waals surface area (Å²) in [6, 6.07) is 77.7. The van der Waals surface area contributed by atoms with Gasteiger partial charge < -0.3 is 4.57 Å². The molecule has 8 aromatic carbocycles. The van der Waals surface area contributed by atoms with Gasteiger partial charge in [0.05, 0.1) is 39.5 Å². The molecule has 0 N–H and O–H groups in total. The summed E-state index contributed by atoms with van der Waals surface area (Å²) in [5.74, 6) is 0.675. The van der Waals surface area contributed by atoms with E-state index < -0.39 is 0 Å². The van der Waals surface area contributed by atoms with Crippen LogP contribution in [0.2, 0.25) is 0 Å². The van der Waals surface area contributed by atoms with Crippen molar-refractivity contribution in [2.45, 2.75) is 19.3 Å². The molecular weight excluding hydrogens is 777 g/mol. The first-order valence-electron chi connectivity index (χ1n) is 21.9. The molecule has 1 aliphatic carbocycles. The zero-order chi connectivity index (χ0) is 42.8. The number of hydrogen-bond acceptors (Lipinski definition) is 3. The van der Waals surface area contributed by atoms with Gasteiger partial charge in [-0.25, -0.2) is 15.0 Å². The van der Waals surface area contributed by atoms with Crippen LogP contribution in [-0.4, -0.2) is 19.5 Å². The van der Waals surface area contributed by atoms with E-state index in [2.05, 4.69) is 200 Å². The van der Waals surface area contributed by atoms with Crippen molar-refractivity contribution in [2.24, 2.45) is 0 Å². The molecule has 64 heavy (non-hydrogen) atoms. The van der Waals surface area contributed by atoms with E-state index in [1.165, 1.54) is 33.0 Å². The van der Waals surface area contributed by atoms with Crippen molar-refractivity contribution >= 4 is 21.8 Å². The Morgan fingerprint density at radius 2 is 0.875 bits per heavy atom. The van der Waals surface area contributed by atoms with Gasteiger partial charge in [0.25, 0.3) is 0 Å². The second kappa shape index (κ2) is 15.0. The van der Waals surface area contributed by atoms with Gasteiger partial charge in [0.15, 0.2) is 5.82 Å². The Morgan fingerprint density at radius 3 is 1.53 bits per heavy atom. The predicted octanol–water partition coefficient (Wildman–Crippen LogP) is 15.3. The van der Waals surface area contributed by atoms with Crippen molar-refractivity contribution in [3.8, 4) is 84.4 Å². The van der Waals surface area contributed by atoms with Gasteiger partial charge in [-0.1, -0.05) is 184 Å². The smallest absolute Gasteiger partial charge is 0.160 e. The average molecular weight is 819 g/mol. The average Bonchev–Trinajstić information content (AvgIpc) is 3.81. The quantitative estimate of drug-likeness (QED) is 0.161. The van der Waals surface area contributed by atoms with Crippen LogP contribution < -0.4 is 0 Å². The van der Waals surface area contributed by atoms with Crippen LogP contribution in [0.3, 0.4) is 0 Å². The van der Waals surface area contributed by atoms with Crippen molar-refractivity contribution in [3.63, 3.8) is 0 Å². The topological polar surface area (TPSA) is 43.6 Å². The highest BCUT2D eigenvalue weighted by atomic mass is 15.0. The Kier molecular flexibility index (Phi) is 8.80.